The van der Waals surface area contributed by atoms with Gasteiger partial charge in [-0.25, -0.2) is 0 Å². The van der Waals surface area contributed by atoms with Crippen molar-refractivity contribution >= 4 is 12.0 Å². The summed E-state index contributed by atoms with van der Waals surface area (Å²) in [5.41, 5.74) is 6.30. The second kappa shape index (κ2) is 3.67. The normalized spacial score (nSPS) is 11.2. The van der Waals surface area contributed by atoms with Crippen LogP contribution in [-0.2, 0) is 4.79 Å². The highest BCUT2D eigenvalue weighted by Crippen LogP contribution is 2.01. The van der Waals surface area contributed by atoms with E-state index in [0.29, 0.717) is 5.57 Å². The predicted octanol–water partition coefficient (Wildman–Crippen LogP) is 0.970. The molecule has 62 valence electrons. The fraction of sp³-hybridized carbons (Fsp3) is 0.111. The number of pyridine rings is 1. The fourth-order valence-electron chi connectivity index (χ4n) is 0.754. The first kappa shape index (κ1) is 8.46. The number of aromatic nitrogens is 1. The fourth-order valence-corrected chi connectivity index (χ4v) is 0.754. The highest BCUT2D eigenvalue weighted by atomic mass is 16.1. The summed E-state index contributed by atoms with van der Waals surface area (Å²) in [6, 6.07) is 5.48. The molecule has 1 aromatic heterocycles. The van der Waals surface area contributed by atoms with Crippen LogP contribution in [0.5, 0.6) is 0 Å². The van der Waals surface area contributed by atoms with E-state index in [-0.39, 0.29) is 0 Å². The van der Waals surface area contributed by atoms with Gasteiger partial charge in [0.15, 0.2) is 0 Å². The van der Waals surface area contributed by atoms with Gasteiger partial charge in [-0.15, -0.1) is 0 Å². The molecule has 0 atom stereocenters. The van der Waals surface area contributed by atoms with Crippen LogP contribution in [0.15, 0.2) is 30.0 Å². The van der Waals surface area contributed by atoms with E-state index in [4.69, 9.17) is 5.73 Å². The second-order valence-electron chi connectivity index (χ2n) is 2.45. The maximum Gasteiger partial charge on any atom is 0.244 e. The Kier molecular flexibility index (Phi) is 2.58. The van der Waals surface area contributed by atoms with E-state index in [2.05, 4.69) is 4.98 Å². The Morgan fingerprint density at radius 1 is 1.58 bits per heavy atom. The lowest BCUT2D eigenvalue weighted by Crippen LogP contribution is -2.11. The van der Waals surface area contributed by atoms with Gasteiger partial charge in [-0.05, 0) is 25.1 Å². The molecule has 0 fully saturated rings. The van der Waals surface area contributed by atoms with Crippen molar-refractivity contribution in [1.29, 1.82) is 0 Å². The van der Waals surface area contributed by atoms with Crippen LogP contribution in [0.4, 0.5) is 0 Å². The molecule has 1 heterocycles. The zero-order chi connectivity index (χ0) is 8.97. The number of nitrogens with zero attached hydrogens (tertiary/aromatic N) is 1. The molecule has 1 amide bonds. The number of hydrogen-bond donors (Lipinski definition) is 1. The number of primary amides is 1. The van der Waals surface area contributed by atoms with Gasteiger partial charge < -0.3 is 5.73 Å². The molecule has 0 aromatic carbocycles. The smallest absolute Gasteiger partial charge is 0.244 e. The second-order valence-corrected chi connectivity index (χ2v) is 2.45. The molecule has 0 aliphatic heterocycles. The highest BCUT2D eigenvalue weighted by molar-refractivity contribution is 5.95. The van der Waals surface area contributed by atoms with Gasteiger partial charge in [0.1, 0.15) is 0 Å². The molecule has 0 aliphatic rings. The van der Waals surface area contributed by atoms with Gasteiger partial charge in [0.05, 0.1) is 5.69 Å². The third kappa shape index (κ3) is 2.20. The average Bonchev–Trinajstić information content (AvgIpc) is 2.06. The largest absolute Gasteiger partial charge is 0.366 e. The number of hydrogen-bond acceptors (Lipinski definition) is 2. The van der Waals surface area contributed by atoms with Crippen LogP contribution in [0.2, 0.25) is 0 Å². The lowest BCUT2D eigenvalue weighted by molar-refractivity contribution is -0.114. The summed E-state index contributed by atoms with van der Waals surface area (Å²) in [5.74, 6) is -0.416. The highest BCUT2D eigenvalue weighted by Gasteiger charge is 1.96. The van der Waals surface area contributed by atoms with Crippen LogP contribution in [0.3, 0.4) is 0 Å². The van der Waals surface area contributed by atoms with Gasteiger partial charge in [-0.1, -0.05) is 6.07 Å². The molecule has 0 radical (unpaired) electrons. The topological polar surface area (TPSA) is 56.0 Å². The van der Waals surface area contributed by atoms with E-state index < -0.39 is 5.91 Å². The Labute approximate surface area is 70.9 Å². The number of carbonyl (C=O) groups excluding carboxylic acids is 1. The molecule has 0 bridgehead atoms. The summed E-state index contributed by atoms with van der Waals surface area (Å²) in [7, 11) is 0. The van der Waals surface area contributed by atoms with Gasteiger partial charge in [-0.3, -0.25) is 9.78 Å². The van der Waals surface area contributed by atoms with Crippen LogP contribution in [-0.4, -0.2) is 10.9 Å². The zero-order valence-corrected chi connectivity index (χ0v) is 6.82. The number of amides is 1. The van der Waals surface area contributed by atoms with Gasteiger partial charge in [0.2, 0.25) is 5.91 Å². The first-order valence-corrected chi connectivity index (χ1v) is 3.59. The van der Waals surface area contributed by atoms with Crippen molar-refractivity contribution in [2.24, 2.45) is 5.73 Å². The SMILES string of the molecule is C/C(=C\c1ccccn1)C(N)=O. The van der Waals surface area contributed by atoms with E-state index in [0.717, 1.165) is 5.69 Å². The van der Waals surface area contributed by atoms with Crippen LogP contribution < -0.4 is 5.73 Å². The van der Waals surface area contributed by atoms with Crippen molar-refractivity contribution in [2.75, 3.05) is 0 Å². The summed E-state index contributed by atoms with van der Waals surface area (Å²) in [6.07, 6.45) is 3.32. The average molecular weight is 162 g/mol. The van der Waals surface area contributed by atoms with Crippen LogP contribution in [0.25, 0.3) is 6.08 Å². The molecule has 12 heavy (non-hydrogen) atoms. The molecular weight excluding hydrogens is 152 g/mol. The van der Waals surface area contributed by atoms with Crippen LogP contribution in [0, 0.1) is 0 Å². The third-order valence-corrected chi connectivity index (χ3v) is 1.44. The quantitative estimate of drug-likeness (QED) is 0.659. The van der Waals surface area contributed by atoms with Gasteiger partial charge in [-0.2, -0.15) is 0 Å². The van der Waals surface area contributed by atoms with Gasteiger partial charge in [0.25, 0.3) is 0 Å². The van der Waals surface area contributed by atoms with E-state index in [1.807, 2.05) is 18.2 Å². The van der Waals surface area contributed by atoms with Crippen LogP contribution >= 0.6 is 0 Å². The molecule has 0 spiro atoms. The Morgan fingerprint density at radius 2 is 2.33 bits per heavy atom. The molecule has 1 rings (SSSR count). The minimum Gasteiger partial charge on any atom is -0.366 e. The minimum atomic E-state index is -0.416. The van der Waals surface area contributed by atoms with E-state index in [9.17, 15) is 4.79 Å². The Morgan fingerprint density at radius 3 is 2.83 bits per heavy atom. The van der Waals surface area contributed by atoms with E-state index in [1.165, 1.54) is 0 Å². The number of rotatable bonds is 2. The summed E-state index contributed by atoms with van der Waals surface area (Å²) in [6.45, 7) is 1.66. The lowest BCUT2D eigenvalue weighted by atomic mass is 10.2. The van der Waals surface area contributed by atoms with Crippen molar-refractivity contribution in [3.63, 3.8) is 0 Å². The molecule has 0 saturated carbocycles. The Balaban J connectivity index is 2.89. The Hall–Kier alpha value is -1.64. The third-order valence-electron chi connectivity index (χ3n) is 1.44. The molecule has 0 aliphatic carbocycles. The van der Waals surface area contributed by atoms with Crippen molar-refractivity contribution in [3.05, 3.63) is 35.7 Å². The monoisotopic (exact) mass is 162 g/mol. The first-order valence-electron chi connectivity index (χ1n) is 3.59. The standard InChI is InChI=1S/C9H10N2O/c1-7(9(10)12)6-8-4-2-3-5-11-8/h2-6H,1H3,(H2,10,12)/b7-6+. The number of carbonyl (C=O) groups is 1. The van der Waals surface area contributed by atoms with E-state index >= 15 is 0 Å². The maximum atomic E-state index is 10.6. The number of nitrogens with two attached hydrogens (primary N) is 1. The Bertz CT molecular complexity index is 304. The molecule has 1 aromatic rings. The molecule has 2 N–H and O–H groups in total. The summed E-state index contributed by atoms with van der Waals surface area (Å²) in [5, 5.41) is 0. The van der Waals surface area contributed by atoms with E-state index in [1.54, 1.807) is 19.2 Å². The zero-order valence-electron chi connectivity index (χ0n) is 6.82. The summed E-state index contributed by atoms with van der Waals surface area (Å²) < 4.78 is 0. The van der Waals surface area contributed by atoms with Crippen molar-refractivity contribution in [1.82, 2.24) is 4.98 Å². The van der Waals surface area contributed by atoms with Crippen molar-refractivity contribution in [2.45, 2.75) is 6.92 Å². The molecule has 0 unspecified atom stereocenters. The summed E-state index contributed by atoms with van der Waals surface area (Å²) in [4.78, 5) is 14.6. The summed E-state index contributed by atoms with van der Waals surface area (Å²) >= 11 is 0. The molecular formula is C9H10N2O. The predicted molar refractivity (Wildman–Crippen MR) is 47.1 cm³/mol. The lowest BCUT2D eigenvalue weighted by Gasteiger charge is -1.93. The maximum absolute atomic E-state index is 10.6. The van der Waals surface area contributed by atoms with Crippen molar-refractivity contribution in [3.8, 4) is 0 Å². The molecule has 3 nitrogen and oxygen atoms in total. The molecule has 3 heteroatoms. The first-order chi connectivity index (χ1) is 5.70. The van der Waals surface area contributed by atoms with Crippen molar-refractivity contribution < 1.29 is 4.79 Å². The molecule has 0 saturated heterocycles. The minimum absolute atomic E-state index is 0.416. The van der Waals surface area contributed by atoms with Gasteiger partial charge >= 0.3 is 0 Å². The van der Waals surface area contributed by atoms with Gasteiger partial charge in [0, 0.05) is 11.8 Å². The van der Waals surface area contributed by atoms with Crippen LogP contribution in [0.1, 0.15) is 12.6 Å².